The summed E-state index contributed by atoms with van der Waals surface area (Å²) in [5.41, 5.74) is 0.164. The van der Waals surface area contributed by atoms with Gasteiger partial charge in [-0.2, -0.15) is 0 Å². The van der Waals surface area contributed by atoms with E-state index >= 15 is 0 Å². The Morgan fingerprint density at radius 1 is 1.20 bits per heavy atom. The number of hydrogen-bond acceptors (Lipinski definition) is 1. The Morgan fingerprint density at radius 3 is 2.55 bits per heavy atom. The van der Waals surface area contributed by atoms with E-state index in [1.165, 1.54) is 31.4 Å². The van der Waals surface area contributed by atoms with Crippen molar-refractivity contribution >= 4 is 39.1 Å². The molecule has 1 unspecified atom stereocenters. The fraction of sp³-hybridized carbons (Fsp3) is 0.143. The van der Waals surface area contributed by atoms with Crippen molar-refractivity contribution in [2.75, 3.05) is 7.11 Å². The third-order valence-corrected chi connectivity index (χ3v) is 4.45. The quantitative estimate of drug-likeness (QED) is 0.488. The molecule has 0 aliphatic carbocycles. The fourth-order valence-corrected chi connectivity index (χ4v) is 2.70. The summed E-state index contributed by atoms with van der Waals surface area (Å²) in [5.74, 6) is -0.891. The predicted molar refractivity (Wildman–Crippen MR) is 79.8 cm³/mol. The van der Waals surface area contributed by atoms with Crippen molar-refractivity contribution in [2.45, 2.75) is 5.38 Å². The summed E-state index contributed by atoms with van der Waals surface area (Å²) >= 11 is 15.3. The van der Waals surface area contributed by atoms with E-state index in [9.17, 15) is 8.78 Å². The van der Waals surface area contributed by atoms with Gasteiger partial charge in [0.25, 0.3) is 0 Å². The highest BCUT2D eigenvalue weighted by Gasteiger charge is 2.23. The van der Waals surface area contributed by atoms with Crippen molar-refractivity contribution < 1.29 is 13.5 Å². The molecule has 2 rings (SSSR count). The van der Waals surface area contributed by atoms with Crippen molar-refractivity contribution in [3.05, 3.63) is 62.6 Å². The van der Waals surface area contributed by atoms with Gasteiger partial charge < -0.3 is 4.74 Å². The number of methoxy groups -OCH3 is 1. The summed E-state index contributed by atoms with van der Waals surface area (Å²) < 4.78 is 33.4. The molecule has 0 saturated carbocycles. The van der Waals surface area contributed by atoms with Crippen LogP contribution < -0.4 is 4.74 Å². The number of rotatable bonds is 3. The first-order chi connectivity index (χ1) is 9.45. The molecule has 0 bridgehead atoms. The van der Waals surface area contributed by atoms with Gasteiger partial charge in [0.2, 0.25) is 0 Å². The van der Waals surface area contributed by atoms with Gasteiger partial charge in [-0.15, -0.1) is 11.6 Å². The maximum Gasteiger partial charge on any atom is 0.131 e. The molecule has 0 aromatic heterocycles. The molecule has 0 aliphatic rings. The minimum Gasteiger partial charge on any atom is -0.496 e. The molecule has 2 aromatic rings. The zero-order chi connectivity index (χ0) is 14.9. The number of alkyl halides is 1. The molecule has 0 spiro atoms. The molecule has 0 heterocycles. The summed E-state index contributed by atoms with van der Waals surface area (Å²) in [6.07, 6.45) is 0. The molecular formula is C14H9BrCl2F2O. The van der Waals surface area contributed by atoms with E-state index in [1.807, 2.05) is 0 Å². The molecule has 0 amide bonds. The molecular weight excluding hydrogens is 373 g/mol. The average molecular weight is 382 g/mol. The standard InChI is InChI=1S/C14H9BrCl2F2O/c1-20-12-4-2-3-10(18)13(12)14(17)7-5-9(16)8(15)6-11(7)19/h2-6,14H,1H3. The topological polar surface area (TPSA) is 9.23 Å². The Balaban J connectivity index is 2.57. The van der Waals surface area contributed by atoms with Gasteiger partial charge in [-0.1, -0.05) is 17.7 Å². The van der Waals surface area contributed by atoms with Gasteiger partial charge >= 0.3 is 0 Å². The van der Waals surface area contributed by atoms with E-state index in [0.29, 0.717) is 9.50 Å². The van der Waals surface area contributed by atoms with Gasteiger partial charge in [0.1, 0.15) is 17.4 Å². The van der Waals surface area contributed by atoms with Crippen LogP contribution in [0.5, 0.6) is 5.75 Å². The monoisotopic (exact) mass is 380 g/mol. The lowest BCUT2D eigenvalue weighted by molar-refractivity contribution is 0.405. The van der Waals surface area contributed by atoms with Crippen molar-refractivity contribution in [1.29, 1.82) is 0 Å². The molecule has 6 heteroatoms. The second-order valence-electron chi connectivity index (χ2n) is 4.01. The van der Waals surface area contributed by atoms with Gasteiger partial charge in [0, 0.05) is 10.0 Å². The van der Waals surface area contributed by atoms with Crippen molar-refractivity contribution in [1.82, 2.24) is 0 Å². The molecule has 0 fully saturated rings. The number of benzene rings is 2. The average Bonchev–Trinajstić information content (AvgIpc) is 2.41. The third kappa shape index (κ3) is 2.92. The van der Waals surface area contributed by atoms with Crippen LogP contribution in [-0.4, -0.2) is 7.11 Å². The Hall–Kier alpha value is -0.840. The highest BCUT2D eigenvalue weighted by atomic mass is 79.9. The predicted octanol–water partition coefficient (Wildman–Crippen LogP) is 5.72. The Kier molecular flexibility index (Phi) is 4.89. The van der Waals surface area contributed by atoms with Gasteiger partial charge in [-0.25, -0.2) is 8.78 Å². The zero-order valence-electron chi connectivity index (χ0n) is 10.3. The lowest BCUT2D eigenvalue weighted by Crippen LogP contribution is -2.03. The third-order valence-electron chi connectivity index (χ3n) is 2.80. The van der Waals surface area contributed by atoms with E-state index in [0.717, 1.165) is 0 Å². The van der Waals surface area contributed by atoms with Crippen LogP contribution in [0.15, 0.2) is 34.8 Å². The van der Waals surface area contributed by atoms with Crippen LogP contribution in [0.4, 0.5) is 8.78 Å². The first-order valence-electron chi connectivity index (χ1n) is 5.56. The fourth-order valence-electron chi connectivity index (χ4n) is 1.83. The molecule has 0 radical (unpaired) electrons. The van der Waals surface area contributed by atoms with Gasteiger partial charge in [-0.3, -0.25) is 0 Å². The van der Waals surface area contributed by atoms with Crippen molar-refractivity contribution in [3.63, 3.8) is 0 Å². The highest BCUT2D eigenvalue weighted by molar-refractivity contribution is 9.10. The van der Waals surface area contributed by atoms with Gasteiger partial charge in [0.15, 0.2) is 0 Å². The SMILES string of the molecule is COc1cccc(F)c1C(Cl)c1cc(Cl)c(Br)cc1F. The van der Waals surface area contributed by atoms with Gasteiger partial charge in [0.05, 0.1) is 23.1 Å². The first-order valence-corrected chi connectivity index (χ1v) is 7.17. The zero-order valence-corrected chi connectivity index (χ0v) is 13.4. The molecule has 0 N–H and O–H groups in total. The second-order valence-corrected chi connectivity index (χ2v) is 5.70. The number of ether oxygens (including phenoxy) is 1. The largest absolute Gasteiger partial charge is 0.496 e. The molecule has 0 saturated heterocycles. The first kappa shape index (κ1) is 15.5. The normalized spacial score (nSPS) is 12.3. The van der Waals surface area contributed by atoms with Crippen LogP contribution in [0.3, 0.4) is 0 Å². The lowest BCUT2D eigenvalue weighted by Gasteiger charge is -2.16. The summed E-state index contributed by atoms with van der Waals surface area (Å²) in [4.78, 5) is 0. The van der Waals surface area contributed by atoms with Crippen LogP contribution in [0, 0.1) is 11.6 Å². The summed E-state index contributed by atoms with van der Waals surface area (Å²) in [5, 5.41) is -0.751. The minimum absolute atomic E-state index is 0.0777. The maximum absolute atomic E-state index is 14.0. The van der Waals surface area contributed by atoms with Crippen molar-refractivity contribution in [2.24, 2.45) is 0 Å². The molecule has 106 valence electrons. The van der Waals surface area contributed by atoms with E-state index in [1.54, 1.807) is 6.07 Å². The lowest BCUT2D eigenvalue weighted by atomic mass is 10.0. The maximum atomic E-state index is 14.0. The van der Waals surface area contributed by atoms with Gasteiger partial charge in [-0.05, 0) is 40.2 Å². The molecule has 0 aliphatic heterocycles. The molecule has 20 heavy (non-hydrogen) atoms. The Bertz CT molecular complexity index is 649. The van der Waals surface area contributed by atoms with E-state index < -0.39 is 17.0 Å². The number of halogens is 5. The molecule has 1 nitrogen and oxygen atoms in total. The van der Waals surface area contributed by atoms with Crippen molar-refractivity contribution in [3.8, 4) is 5.75 Å². The Morgan fingerprint density at radius 2 is 1.90 bits per heavy atom. The van der Waals surface area contributed by atoms with E-state index in [2.05, 4.69) is 15.9 Å². The summed E-state index contributed by atoms with van der Waals surface area (Å²) in [6.45, 7) is 0. The number of hydrogen-bond donors (Lipinski definition) is 0. The van der Waals surface area contributed by atoms with Crippen LogP contribution in [0.1, 0.15) is 16.5 Å². The summed E-state index contributed by atoms with van der Waals surface area (Å²) in [7, 11) is 1.40. The summed E-state index contributed by atoms with van der Waals surface area (Å²) in [6, 6.07) is 6.86. The molecule has 1 atom stereocenters. The highest BCUT2D eigenvalue weighted by Crippen LogP contribution is 2.40. The second kappa shape index (κ2) is 6.29. The minimum atomic E-state index is -1.04. The van der Waals surface area contributed by atoms with Crippen LogP contribution in [-0.2, 0) is 0 Å². The van der Waals surface area contributed by atoms with Crippen LogP contribution in [0.2, 0.25) is 5.02 Å². The molecule has 2 aromatic carbocycles. The van der Waals surface area contributed by atoms with E-state index in [-0.39, 0.29) is 16.9 Å². The van der Waals surface area contributed by atoms with E-state index in [4.69, 9.17) is 27.9 Å². The smallest absolute Gasteiger partial charge is 0.131 e. The Labute approximate surface area is 133 Å². The van der Waals surface area contributed by atoms with Crippen LogP contribution >= 0.6 is 39.1 Å². The van der Waals surface area contributed by atoms with Crippen LogP contribution in [0.25, 0.3) is 0 Å².